The van der Waals surface area contributed by atoms with E-state index in [1.807, 2.05) is 6.92 Å². The van der Waals surface area contributed by atoms with Gasteiger partial charge in [-0.1, -0.05) is 10.9 Å². The molecule has 1 aliphatic rings. The maximum Gasteiger partial charge on any atom is 0.0773 e. The lowest BCUT2D eigenvalue weighted by molar-refractivity contribution is 0.234. The van der Waals surface area contributed by atoms with Crippen molar-refractivity contribution in [3.8, 4) is 0 Å². The molecule has 1 atom stereocenters. The average molecular weight is 198 g/mol. The molecule has 1 unspecified atom stereocenters. The van der Waals surface area contributed by atoms with E-state index in [0.29, 0.717) is 5.92 Å². The van der Waals surface area contributed by atoms with Gasteiger partial charge in [0.25, 0.3) is 0 Å². The van der Waals surface area contributed by atoms with Crippen LogP contribution in [-0.4, -0.2) is 9.59 Å². The third-order valence-corrected chi connectivity index (χ3v) is 3.68. The molecule has 0 aromatic carbocycles. The SMILES string of the molecule is Cc1nnsc1C(NN)C1CCC1. The van der Waals surface area contributed by atoms with E-state index in [1.165, 1.54) is 35.7 Å². The Balaban J connectivity index is 2.16. The Kier molecular flexibility index (Phi) is 2.57. The highest BCUT2D eigenvalue weighted by atomic mass is 32.1. The third-order valence-electron chi connectivity index (χ3n) is 2.77. The topological polar surface area (TPSA) is 63.8 Å². The summed E-state index contributed by atoms with van der Waals surface area (Å²) in [4.78, 5) is 1.20. The van der Waals surface area contributed by atoms with Gasteiger partial charge < -0.3 is 0 Å². The van der Waals surface area contributed by atoms with E-state index >= 15 is 0 Å². The van der Waals surface area contributed by atoms with Crippen molar-refractivity contribution in [2.45, 2.75) is 32.2 Å². The van der Waals surface area contributed by atoms with Gasteiger partial charge in [0.15, 0.2) is 0 Å². The zero-order valence-corrected chi connectivity index (χ0v) is 8.47. The first kappa shape index (κ1) is 9.05. The van der Waals surface area contributed by atoms with Crippen LogP contribution in [-0.2, 0) is 0 Å². The summed E-state index contributed by atoms with van der Waals surface area (Å²) in [5.41, 5.74) is 3.89. The number of hydrogen-bond acceptors (Lipinski definition) is 5. The molecule has 13 heavy (non-hydrogen) atoms. The van der Waals surface area contributed by atoms with Crippen molar-refractivity contribution >= 4 is 11.5 Å². The van der Waals surface area contributed by atoms with Crippen LogP contribution in [0.2, 0.25) is 0 Å². The van der Waals surface area contributed by atoms with E-state index in [9.17, 15) is 0 Å². The molecule has 0 spiro atoms. The molecule has 0 radical (unpaired) electrons. The fraction of sp³-hybridized carbons (Fsp3) is 0.750. The molecule has 72 valence electrons. The van der Waals surface area contributed by atoms with Crippen LogP contribution >= 0.6 is 11.5 Å². The molecule has 0 bridgehead atoms. The highest BCUT2D eigenvalue weighted by molar-refractivity contribution is 7.05. The van der Waals surface area contributed by atoms with Gasteiger partial charge in [-0.25, -0.2) is 0 Å². The molecule has 1 heterocycles. The maximum absolute atomic E-state index is 5.54. The number of aryl methyl sites for hydroxylation is 1. The first-order valence-corrected chi connectivity index (χ1v) is 5.35. The number of hydrazine groups is 1. The van der Waals surface area contributed by atoms with E-state index in [0.717, 1.165) is 5.69 Å². The molecule has 4 nitrogen and oxygen atoms in total. The Morgan fingerprint density at radius 3 is 2.77 bits per heavy atom. The van der Waals surface area contributed by atoms with Gasteiger partial charge in [-0.05, 0) is 37.2 Å². The summed E-state index contributed by atoms with van der Waals surface area (Å²) < 4.78 is 3.93. The molecule has 5 heteroatoms. The van der Waals surface area contributed by atoms with Crippen LogP contribution < -0.4 is 11.3 Å². The number of nitrogens with one attached hydrogen (secondary N) is 1. The summed E-state index contributed by atoms with van der Waals surface area (Å²) in [6, 6.07) is 0.272. The summed E-state index contributed by atoms with van der Waals surface area (Å²) >= 11 is 1.46. The van der Waals surface area contributed by atoms with Crippen LogP contribution in [0.3, 0.4) is 0 Å². The van der Waals surface area contributed by atoms with Gasteiger partial charge in [0, 0.05) is 0 Å². The van der Waals surface area contributed by atoms with Gasteiger partial charge in [0.05, 0.1) is 16.6 Å². The minimum absolute atomic E-state index is 0.272. The molecular weight excluding hydrogens is 184 g/mol. The zero-order chi connectivity index (χ0) is 9.26. The fourth-order valence-electron chi connectivity index (χ4n) is 1.72. The first-order valence-electron chi connectivity index (χ1n) is 4.58. The Bertz CT molecular complexity index is 281. The van der Waals surface area contributed by atoms with E-state index in [2.05, 4.69) is 15.0 Å². The lowest BCUT2D eigenvalue weighted by atomic mass is 9.79. The Morgan fingerprint density at radius 1 is 1.62 bits per heavy atom. The highest BCUT2D eigenvalue weighted by Gasteiger charge is 2.30. The molecular formula is C8H14N4S. The van der Waals surface area contributed by atoms with Crippen molar-refractivity contribution in [3.63, 3.8) is 0 Å². The lowest BCUT2D eigenvalue weighted by Crippen LogP contribution is -2.36. The zero-order valence-electron chi connectivity index (χ0n) is 7.66. The van der Waals surface area contributed by atoms with Crippen molar-refractivity contribution < 1.29 is 0 Å². The Morgan fingerprint density at radius 2 is 2.38 bits per heavy atom. The van der Waals surface area contributed by atoms with E-state index in [1.54, 1.807) is 0 Å². The Hall–Kier alpha value is -0.520. The molecule has 1 aromatic heterocycles. The molecule has 1 aromatic rings. The van der Waals surface area contributed by atoms with Crippen LogP contribution in [0.5, 0.6) is 0 Å². The second-order valence-corrected chi connectivity index (χ2v) is 4.34. The van der Waals surface area contributed by atoms with Crippen LogP contribution in [0.25, 0.3) is 0 Å². The summed E-state index contributed by atoms with van der Waals surface area (Å²) in [5.74, 6) is 6.23. The minimum Gasteiger partial charge on any atom is -0.271 e. The minimum atomic E-state index is 0.272. The van der Waals surface area contributed by atoms with Gasteiger partial charge >= 0.3 is 0 Å². The molecule has 0 saturated heterocycles. The van der Waals surface area contributed by atoms with Gasteiger partial charge in [-0.2, -0.15) is 0 Å². The van der Waals surface area contributed by atoms with E-state index < -0.39 is 0 Å². The summed E-state index contributed by atoms with van der Waals surface area (Å²) in [7, 11) is 0. The number of rotatable bonds is 3. The molecule has 3 N–H and O–H groups in total. The third kappa shape index (κ3) is 1.59. The van der Waals surface area contributed by atoms with Crippen molar-refractivity contribution in [2.75, 3.05) is 0 Å². The molecule has 0 aliphatic heterocycles. The normalized spacial score (nSPS) is 19.8. The standard InChI is InChI=1S/C8H14N4S/c1-5-8(13-12-11-5)7(10-9)6-3-2-4-6/h6-7,10H,2-4,9H2,1H3. The molecule has 0 amide bonds. The van der Waals surface area contributed by atoms with Crippen molar-refractivity contribution in [1.82, 2.24) is 15.0 Å². The lowest BCUT2D eigenvalue weighted by Gasteiger charge is -2.32. The molecule has 1 saturated carbocycles. The van der Waals surface area contributed by atoms with Crippen LogP contribution in [0.1, 0.15) is 35.9 Å². The maximum atomic E-state index is 5.54. The van der Waals surface area contributed by atoms with Crippen molar-refractivity contribution in [3.05, 3.63) is 10.6 Å². The number of aromatic nitrogens is 2. The van der Waals surface area contributed by atoms with Gasteiger partial charge in [0.1, 0.15) is 0 Å². The average Bonchev–Trinajstić information content (AvgIpc) is 2.43. The molecule has 2 rings (SSSR count). The molecule has 1 aliphatic carbocycles. The number of nitrogens with zero attached hydrogens (tertiary/aromatic N) is 2. The second kappa shape index (κ2) is 3.69. The van der Waals surface area contributed by atoms with Crippen LogP contribution in [0.4, 0.5) is 0 Å². The van der Waals surface area contributed by atoms with Gasteiger partial charge in [-0.3, -0.25) is 11.3 Å². The largest absolute Gasteiger partial charge is 0.271 e. The summed E-state index contributed by atoms with van der Waals surface area (Å²) in [6.07, 6.45) is 3.87. The summed E-state index contributed by atoms with van der Waals surface area (Å²) in [6.45, 7) is 1.99. The van der Waals surface area contributed by atoms with E-state index in [4.69, 9.17) is 5.84 Å². The van der Waals surface area contributed by atoms with Crippen LogP contribution in [0.15, 0.2) is 0 Å². The monoisotopic (exact) mass is 198 g/mol. The van der Waals surface area contributed by atoms with Gasteiger partial charge in [-0.15, -0.1) is 5.10 Å². The fourth-order valence-corrected chi connectivity index (χ4v) is 2.52. The number of hydrogen-bond donors (Lipinski definition) is 2. The smallest absolute Gasteiger partial charge is 0.0773 e. The Labute approximate surface area is 81.7 Å². The second-order valence-electron chi connectivity index (χ2n) is 3.56. The first-order chi connectivity index (χ1) is 6.33. The summed E-state index contributed by atoms with van der Waals surface area (Å²) in [5, 5.41) is 4.00. The van der Waals surface area contributed by atoms with Crippen molar-refractivity contribution in [1.29, 1.82) is 0 Å². The molecule has 1 fully saturated rings. The van der Waals surface area contributed by atoms with E-state index in [-0.39, 0.29) is 6.04 Å². The number of nitrogens with two attached hydrogens (primary N) is 1. The van der Waals surface area contributed by atoms with Crippen LogP contribution in [0, 0.1) is 12.8 Å². The van der Waals surface area contributed by atoms with Gasteiger partial charge in [0.2, 0.25) is 0 Å². The quantitative estimate of drug-likeness (QED) is 0.565. The van der Waals surface area contributed by atoms with Crippen molar-refractivity contribution in [2.24, 2.45) is 11.8 Å². The highest BCUT2D eigenvalue weighted by Crippen LogP contribution is 2.38. The predicted molar refractivity (Wildman–Crippen MR) is 52.1 cm³/mol. The predicted octanol–water partition coefficient (Wildman–Crippen LogP) is 1.15.